The summed E-state index contributed by atoms with van der Waals surface area (Å²) in [6.45, 7) is 4.56. The van der Waals surface area contributed by atoms with Gasteiger partial charge in [-0.15, -0.1) is 0 Å². The van der Waals surface area contributed by atoms with Gasteiger partial charge in [0.05, 0.1) is 6.61 Å². The highest BCUT2D eigenvalue weighted by atomic mass is 16.5. The first-order chi connectivity index (χ1) is 10.2. The van der Waals surface area contributed by atoms with Gasteiger partial charge in [-0.25, -0.2) is 0 Å². The number of hydrogen-bond acceptors (Lipinski definition) is 3. The third-order valence-electron chi connectivity index (χ3n) is 3.21. The van der Waals surface area contributed by atoms with E-state index in [0.717, 1.165) is 12.0 Å². The highest BCUT2D eigenvalue weighted by molar-refractivity contribution is 5.39. The lowest BCUT2D eigenvalue weighted by molar-refractivity contribution is 0.0447. The zero-order valence-electron chi connectivity index (χ0n) is 12.5. The van der Waals surface area contributed by atoms with Crippen molar-refractivity contribution >= 4 is 0 Å². The molecule has 0 aliphatic heterocycles. The van der Waals surface area contributed by atoms with E-state index in [1.54, 1.807) is 0 Å². The summed E-state index contributed by atoms with van der Waals surface area (Å²) in [6, 6.07) is 17.1. The third kappa shape index (κ3) is 4.23. The Bertz CT molecular complexity index is 539. The normalized spacial score (nSPS) is 13.5. The second kappa shape index (κ2) is 7.70. The molecule has 2 aromatic carbocycles. The Morgan fingerprint density at radius 2 is 1.57 bits per heavy atom. The van der Waals surface area contributed by atoms with Crippen molar-refractivity contribution in [3.63, 3.8) is 0 Å². The molecule has 0 heterocycles. The summed E-state index contributed by atoms with van der Waals surface area (Å²) in [4.78, 5) is 0. The van der Waals surface area contributed by atoms with Crippen LogP contribution < -0.4 is 9.47 Å². The van der Waals surface area contributed by atoms with Gasteiger partial charge in [-0.05, 0) is 31.0 Å². The number of ether oxygens (including phenoxy) is 2. The first-order valence-electron chi connectivity index (χ1n) is 7.34. The van der Waals surface area contributed by atoms with Crippen LogP contribution in [0.1, 0.15) is 31.9 Å². The van der Waals surface area contributed by atoms with Gasteiger partial charge in [0.25, 0.3) is 0 Å². The van der Waals surface area contributed by atoms with Gasteiger partial charge in [0.15, 0.2) is 11.5 Å². The van der Waals surface area contributed by atoms with Crippen molar-refractivity contribution in [2.24, 2.45) is 0 Å². The molecule has 3 nitrogen and oxygen atoms in total. The smallest absolute Gasteiger partial charge is 0.161 e. The lowest BCUT2D eigenvalue weighted by Crippen LogP contribution is -2.22. The van der Waals surface area contributed by atoms with E-state index < -0.39 is 6.10 Å². The van der Waals surface area contributed by atoms with E-state index >= 15 is 0 Å². The largest absolute Gasteiger partial charge is 0.490 e. The van der Waals surface area contributed by atoms with E-state index in [-0.39, 0.29) is 6.10 Å². The van der Waals surface area contributed by atoms with Gasteiger partial charge in [-0.3, -0.25) is 0 Å². The number of rotatable bonds is 7. The standard InChI is InChI=1S/C18H22O3/c1-3-13-20-16-11-7-8-12-17(16)21-14(2)18(19)15-9-5-4-6-10-15/h4-12,14,18-19H,3,13H2,1-2H3. The summed E-state index contributed by atoms with van der Waals surface area (Å²) in [5.74, 6) is 1.37. The predicted molar refractivity (Wildman–Crippen MR) is 83.7 cm³/mol. The Kier molecular flexibility index (Phi) is 5.64. The van der Waals surface area contributed by atoms with Gasteiger partial charge in [0.1, 0.15) is 12.2 Å². The lowest BCUT2D eigenvalue weighted by atomic mass is 10.1. The first kappa shape index (κ1) is 15.4. The fraction of sp³-hybridized carbons (Fsp3) is 0.333. The fourth-order valence-corrected chi connectivity index (χ4v) is 2.06. The van der Waals surface area contributed by atoms with Crippen molar-refractivity contribution in [2.45, 2.75) is 32.5 Å². The Labute approximate surface area is 126 Å². The highest BCUT2D eigenvalue weighted by Gasteiger charge is 2.19. The van der Waals surface area contributed by atoms with Crippen LogP contribution in [-0.2, 0) is 0 Å². The van der Waals surface area contributed by atoms with Crippen LogP contribution in [0.25, 0.3) is 0 Å². The quantitative estimate of drug-likeness (QED) is 0.837. The van der Waals surface area contributed by atoms with Crippen LogP contribution in [0.3, 0.4) is 0 Å². The van der Waals surface area contributed by atoms with Crippen LogP contribution in [0, 0.1) is 0 Å². The SMILES string of the molecule is CCCOc1ccccc1OC(C)C(O)c1ccccc1. The van der Waals surface area contributed by atoms with E-state index in [0.29, 0.717) is 18.1 Å². The summed E-state index contributed by atoms with van der Waals surface area (Å²) in [5.41, 5.74) is 0.844. The molecule has 0 radical (unpaired) electrons. The molecule has 0 bridgehead atoms. The molecule has 2 unspecified atom stereocenters. The molecule has 0 amide bonds. The molecule has 0 aromatic heterocycles. The van der Waals surface area contributed by atoms with Crippen molar-refractivity contribution in [3.8, 4) is 11.5 Å². The van der Waals surface area contributed by atoms with E-state index in [4.69, 9.17) is 9.47 Å². The second-order valence-electron chi connectivity index (χ2n) is 4.97. The van der Waals surface area contributed by atoms with Crippen molar-refractivity contribution in [3.05, 3.63) is 60.2 Å². The monoisotopic (exact) mass is 286 g/mol. The molecular weight excluding hydrogens is 264 g/mol. The molecule has 0 fully saturated rings. The topological polar surface area (TPSA) is 38.7 Å². The van der Waals surface area contributed by atoms with Crippen molar-refractivity contribution in [1.29, 1.82) is 0 Å². The summed E-state index contributed by atoms with van der Waals surface area (Å²) in [7, 11) is 0. The van der Waals surface area contributed by atoms with Crippen molar-refractivity contribution in [1.82, 2.24) is 0 Å². The number of aliphatic hydroxyl groups is 1. The Morgan fingerprint density at radius 1 is 0.952 bits per heavy atom. The van der Waals surface area contributed by atoms with E-state index in [1.807, 2.05) is 61.5 Å². The minimum Gasteiger partial charge on any atom is -0.490 e. The minimum absolute atomic E-state index is 0.362. The molecule has 2 aromatic rings. The van der Waals surface area contributed by atoms with Gasteiger partial charge in [-0.1, -0.05) is 49.4 Å². The van der Waals surface area contributed by atoms with Gasteiger partial charge in [-0.2, -0.15) is 0 Å². The number of hydrogen-bond donors (Lipinski definition) is 1. The number of aliphatic hydroxyl groups excluding tert-OH is 1. The summed E-state index contributed by atoms with van der Waals surface area (Å²) >= 11 is 0. The summed E-state index contributed by atoms with van der Waals surface area (Å²) < 4.78 is 11.5. The third-order valence-corrected chi connectivity index (χ3v) is 3.21. The summed E-state index contributed by atoms with van der Waals surface area (Å²) in [6.07, 6.45) is -0.0968. The predicted octanol–water partition coefficient (Wildman–Crippen LogP) is 3.98. The maximum Gasteiger partial charge on any atom is 0.161 e. The Morgan fingerprint density at radius 3 is 2.24 bits per heavy atom. The minimum atomic E-state index is -0.676. The molecular formula is C18H22O3. The molecule has 1 N–H and O–H groups in total. The maximum atomic E-state index is 10.4. The van der Waals surface area contributed by atoms with E-state index in [9.17, 15) is 5.11 Å². The first-order valence-corrected chi connectivity index (χ1v) is 7.34. The molecule has 2 rings (SSSR count). The van der Waals surface area contributed by atoms with Gasteiger partial charge < -0.3 is 14.6 Å². The molecule has 112 valence electrons. The molecule has 3 heteroatoms. The average molecular weight is 286 g/mol. The van der Waals surface area contributed by atoms with E-state index in [1.165, 1.54) is 0 Å². The Hall–Kier alpha value is -2.00. The van der Waals surface area contributed by atoms with Crippen LogP contribution in [-0.4, -0.2) is 17.8 Å². The van der Waals surface area contributed by atoms with Crippen molar-refractivity contribution in [2.75, 3.05) is 6.61 Å². The molecule has 0 aliphatic carbocycles. The van der Waals surface area contributed by atoms with Crippen LogP contribution in [0.5, 0.6) is 11.5 Å². The van der Waals surface area contributed by atoms with Gasteiger partial charge >= 0.3 is 0 Å². The van der Waals surface area contributed by atoms with Crippen LogP contribution in [0.2, 0.25) is 0 Å². The molecule has 0 spiro atoms. The maximum absolute atomic E-state index is 10.4. The highest BCUT2D eigenvalue weighted by Crippen LogP contribution is 2.30. The Balaban J connectivity index is 2.07. The van der Waals surface area contributed by atoms with E-state index in [2.05, 4.69) is 6.92 Å². The molecule has 0 aliphatic rings. The average Bonchev–Trinajstić information content (AvgIpc) is 2.54. The van der Waals surface area contributed by atoms with Crippen LogP contribution in [0.15, 0.2) is 54.6 Å². The molecule has 0 saturated heterocycles. The van der Waals surface area contributed by atoms with Gasteiger partial charge in [0, 0.05) is 0 Å². The molecule has 21 heavy (non-hydrogen) atoms. The number of benzene rings is 2. The molecule has 0 saturated carbocycles. The molecule has 2 atom stereocenters. The van der Waals surface area contributed by atoms with Crippen LogP contribution >= 0.6 is 0 Å². The second-order valence-corrected chi connectivity index (χ2v) is 4.97. The summed E-state index contributed by atoms with van der Waals surface area (Å²) in [5, 5.41) is 10.4. The number of para-hydroxylation sites is 2. The zero-order chi connectivity index (χ0) is 15.1. The van der Waals surface area contributed by atoms with Crippen LogP contribution in [0.4, 0.5) is 0 Å². The zero-order valence-corrected chi connectivity index (χ0v) is 12.5. The fourth-order valence-electron chi connectivity index (χ4n) is 2.06. The van der Waals surface area contributed by atoms with Gasteiger partial charge in [0.2, 0.25) is 0 Å². The van der Waals surface area contributed by atoms with Crippen molar-refractivity contribution < 1.29 is 14.6 Å². The lowest BCUT2D eigenvalue weighted by Gasteiger charge is -2.22.